The number of amides is 2. The predicted octanol–water partition coefficient (Wildman–Crippen LogP) is 2.26. The summed E-state index contributed by atoms with van der Waals surface area (Å²) in [6, 6.07) is 6.77. The summed E-state index contributed by atoms with van der Waals surface area (Å²) >= 11 is 1.30. The summed E-state index contributed by atoms with van der Waals surface area (Å²) in [5.74, 6) is 6.12. The molecule has 8 nitrogen and oxygen atoms in total. The zero-order chi connectivity index (χ0) is 17.6. The van der Waals surface area contributed by atoms with Gasteiger partial charge in [0.15, 0.2) is 0 Å². The van der Waals surface area contributed by atoms with Crippen LogP contribution in [0.5, 0.6) is 0 Å². The topological polar surface area (TPSA) is 119 Å². The first-order chi connectivity index (χ1) is 12.1. The van der Waals surface area contributed by atoms with Gasteiger partial charge in [0.2, 0.25) is 11.1 Å². The third-order valence-corrected chi connectivity index (χ3v) is 3.64. The van der Waals surface area contributed by atoms with Gasteiger partial charge in [0.1, 0.15) is 5.01 Å². The van der Waals surface area contributed by atoms with Gasteiger partial charge < -0.3 is 11.1 Å². The lowest BCUT2D eigenvalue weighted by Crippen LogP contribution is -2.19. The van der Waals surface area contributed by atoms with Gasteiger partial charge in [-0.25, -0.2) is 14.8 Å². The van der Waals surface area contributed by atoms with Crippen molar-refractivity contribution >= 4 is 34.1 Å². The van der Waals surface area contributed by atoms with Gasteiger partial charge in [0.05, 0.1) is 5.56 Å². The number of rotatable bonds is 2. The van der Waals surface area contributed by atoms with Crippen molar-refractivity contribution in [1.82, 2.24) is 20.2 Å². The molecule has 0 spiro atoms. The summed E-state index contributed by atoms with van der Waals surface area (Å²) in [6.07, 6.45) is 3.10. The van der Waals surface area contributed by atoms with Crippen LogP contribution in [0.25, 0.3) is 0 Å². The number of carbonyl (C=O) groups excluding carboxylic acids is 1. The van der Waals surface area contributed by atoms with Crippen LogP contribution in [0.4, 0.5) is 21.6 Å². The maximum Gasteiger partial charge on any atom is 0.325 e. The Hall–Kier alpha value is -3.51. The molecule has 0 radical (unpaired) electrons. The van der Waals surface area contributed by atoms with E-state index >= 15 is 0 Å². The minimum absolute atomic E-state index is 0.202. The molecule has 0 unspecified atom stereocenters. The van der Waals surface area contributed by atoms with E-state index in [1.807, 2.05) is 13.0 Å². The van der Waals surface area contributed by atoms with Crippen molar-refractivity contribution < 1.29 is 4.79 Å². The fraction of sp³-hybridized carbons (Fsp3) is 0.0625. The van der Waals surface area contributed by atoms with Crippen molar-refractivity contribution in [2.24, 2.45) is 0 Å². The molecule has 2 amide bonds. The predicted molar refractivity (Wildman–Crippen MR) is 96.2 cm³/mol. The Kier molecular flexibility index (Phi) is 4.82. The molecule has 0 aliphatic rings. The van der Waals surface area contributed by atoms with E-state index in [1.165, 1.54) is 11.3 Å². The number of aryl methyl sites for hydroxylation is 1. The standard InChI is InChI=1S/C16H13N7OS/c1-10-22-23-16(25-10)21-15(24)20-13-4-2-3-11(7-13)5-6-12-8-18-14(17)19-9-12/h2-4,7-9H,1H3,(H2,17,18,19)(H2,20,21,23,24). The lowest BCUT2D eigenvalue weighted by atomic mass is 10.2. The Morgan fingerprint density at radius 1 is 1.12 bits per heavy atom. The number of nitrogens with zero attached hydrogens (tertiary/aromatic N) is 4. The molecule has 3 rings (SSSR count). The lowest BCUT2D eigenvalue weighted by molar-refractivity contribution is 0.262. The van der Waals surface area contributed by atoms with Crippen LogP contribution >= 0.6 is 11.3 Å². The van der Waals surface area contributed by atoms with Crippen LogP contribution < -0.4 is 16.4 Å². The van der Waals surface area contributed by atoms with Crippen LogP contribution in [0.3, 0.4) is 0 Å². The third-order valence-electron chi connectivity index (χ3n) is 2.89. The normalized spacial score (nSPS) is 9.80. The number of hydrogen-bond donors (Lipinski definition) is 3. The summed E-state index contributed by atoms with van der Waals surface area (Å²) in [7, 11) is 0. The minimum Gasteiger partial charge on any atom is -0.368 e. The molecule has 0 fully saturated rings. The molecule has 25 heavy (non-hydrogen) atoms. The van der Waals surface area contributed by atoms with E-state index in [1.54, 1.807) is 30.6 Å². The number of nitrogen functional groups attached to an aromatic ring is 1. The van der Waals surface area contributed by atoms with E-state index in [0.29, 0.717) is 16.4 Å². The lowest BCUT2D eigenvalue weighted by Gasteiger charge is -2.05. The summed E-state index contributed by atoms with van der Waals surface area (Å²) in [6.45, 7) is 1.81. The zero-order valence-corrected chi connectivity index (χ0v) is 14.0. The summed E-state index contributed by atoms with van der Waals surface area (Å²) < 4.78 is 0. The maximum absolute atomic E-state index is 12.0. The minimum atomic E-state index is -0.395. The molecule has 2 aromatic heterocycles. The number of aromatic nitrogens is 4. The van der Waals surface area contributed by atoms with E-state index in [2.05, 4.69) is 42.6 Å². The molecule has 3 aromatic rings. The largest absolute Gasteiger partial charge is 0.368 e. The number of carbonyl (C=O) groups is 1. The monoisotopic (exact) mass is 351 g/mol. The molecule has 124 valence electrons. The molecule has 2 heterocycles. The van der Waals surface area contributed by atoms with Crippen LogP contribution in [-0.2, 0) is 0 Å². The smallest absolute Gasteiger partial charge is 0.325 e. The third kappa shape index (κ3) is 4.73. The summed E-state index contributed by atoms with van der Waals surface area (Å²) in [4.78, 5) is 19.7. The van der Waals surface area contributed by atoms with Crippen molar-refractivity contribution in [1.29, 1.82) is 0 Å². The van der Waals surface area contributed by atoms with E-state index in [4.69, 9.17) is 5.73 Å². The van der Waals surface area contributed by atoms with Gasteiger partial charge in [0.25, 0.3) is 0 Å². The highest BCUT2D eigenvalue weighted by Crippen LogP contribution is 2.15. The first-order valence-electron chi connectivity index (χ1n) is 7.16. The van der Waals surface area contributed by atoms with Crippen molar-refractivity contribution in [2.45, 2.75) is 6.92 Å². The van der Waals surface area contributed by atoms with E-state index in [-0.39, 0.29) is 5.95 Å². The fourth-order valence-electron chi connectivity index (χ4n) is 1.83. The van der Waals surface area contributed by atoms with Crippen LogP contribution in [-0.4, -0.2) is 26.2 Å². The van der Waals surface area contributed by atoms with E-state index < -0.39 is 6.03 Å². The van der Waals surface area contributed by atoms with Gasteiger partial charge in [-0.15, -0.1) is 10.2 Å². The SMILES string of the molecule is Cc1nnc(NC(=O)Nc2cccc(C#Cc3cnc(N)nc3)c2)s1. The Morgan fingerprint density at radius 3 is 2.60 bits per heavy atom. The Bertz CT molecular complexity index is 956. The molecule has 0 saturated carbocycles. The Morgan fingerprint density at radius 2 is 1.88 bits per heavy atom. The molecule has 0 aliphatic carbocycles. The number of hydrogen-bond acceptors (Lipinski definition) is 7. The maximum atomic E-state index is 12.0. The second-order valence-corrected chi connectivity index (χ2v) is 6.05. The molecule has 9 heteroatoms. The van der Waals surface area contributed by atoms with Crippen LogP contribution in [0.15, 0.2) is 36.7 Å². The van der Waals surface area contributed by atoms with Crippen molar-refractivity contribution in [3.63, 3.8) is 0 Å². The Balaban J connectivity index is 1.67. The second kappa shape index (κ2) is 7.37. The van der Waals surface area contributed by atoms with Gasteiger partial charge in [0, 0.05) is 23.6 Å². The zero-order valence-electron chi connectivity index (χ0n) is 13.1. The highest BCUT2D eigenvalue weighted by molar-refractivity contribution is 7.15. The fourth-order valence-corrected chi connectivity index (χ4v) is 2.42. The van der Waals surface area contributed by atoms with E-state index in [0.717, 1.165) is 10.6 Å². The van der Waals surface area contributed by atoms with Gasteiger partial charge >= 0.3 is 6.03 Å². The number of benzene rings is 1. The van der Waals surface area contributed by atoms with Crippen LogP contribution in [0, 0.1) is 18.8 Å². The van der Waals surface area contributed by atoms with Gasteiger partial charge in [-0.05, 0) is 25.1 Å². The van der Waals surface area contributed by atoms with Gasteiger partial charge in [-0.2, -0.15) is 0 Å². The summed E-state index contributed by atoms with van der Waals surface area (Å²) in [5.41, 5.74) is 7.43. The number of nitrogens with two attached hydrogens (primary N) is 1. The average molecular weight is 351 g/mol. The first-order valence-corrected chi connectivity index (χ1v) is 7.98. The number of anilines is 3. The van der Waals surface area contributed by atoms with Crippen molar-refractivity contribution in [3.05, 3.63) is 52.8 Å². The molecular weight excluding hydrogens is 338 g/mol. The highest BCUT2D eigenvalue weighted by atomic mass is 32.1. The average Bonchev–Trinajstić information content (AvgIpc) is 2.99. The second-order valence-electron chi connectivity index (χ2n) is 4.87. The molecule has 1 aromatic carbocycles. The van der Waals surface area contributed by atoms with Crippen LogP contribution in [0.2, 0.25) is 0 Å². The summed E-state index contributed by atoms with van der Waals surface area (Å²) in [5, 5.41) is 14.2. The molecule has 0 aliphatic heterocycles. The molecule has 0 bridgehead atoms. The van der Waals surface area contributed by atoms with E-state index in [9.17, 15) is 4.79 Å². The quantitative estimate of drug-likeness (QED) is 0.609. The van der Waals surface area contributed by atoms with Crippen molar-refractivity contribution in [3.8, 4) is 11.8 Å². The van der Waals surface area contributed by atoms with Gasteiger partial charge in [-0.1, -0.05) is 29.2 Å². The number of urea groups is 1. The molecule has 0 saturated heterocycles. The number of nitrogens with one attached hydrogen (secondary N) is 2. The molecule has 4 N–H and O–H groups in total. The van der Waals surface area contributed by atoms with Crippen molar-refractivity contribution in [2.75, 3.05) is 16.4 Å². The first kappa shape index (κ1) is 16.4. The molecular formula is C16H13N7OS. The van der Waals surface area contributed by atoms with Crippen LogP contribution in [0.1, 0.15) is 16.1 Å². The molecule has 0 atom stereocenters. The Labute approximate surface area is 147 Å². The highest BCUT2D eigenvalue weighted by Gasteiger charge is 2.06. The van der Waals surface area contributed by atoms with Gasteiger partial charge in [-0.3, -0.25) is 5.32 Å².